The van der Waals surface area contributed by atoms with Crippen molar-refractivity contribution in [2.45, 2.75) is 33.3 Å². The second-order valence-corrected chi connectivity index (χ2v) is 6.90. The molecule has 21 heavy (non-hydrogen) atoms. The van der Waals surface area contributed by atoms with Gasteiger partial charge in [0, 0.05) is 19.3 Å². The quantitative estimate of drug-likeness (QED) is 0.784. The van der Waals surface area contributed by atoms with Crippen LogP contribution in [0.5, 0.6) is 0 Å². The van der Waals surface area contributed by atoms with Crippen molar-refractivity contribution in [1.29, 1.82) is 0 Å². The highest BCUT2D eigenvalue weighted by Crippen LogP contribution is 2.34. The van der Waals surface area contributed by atoms with Gasteiger partial charge in [0.05, 0.1) is 11.8 Å². The molecule has 0 aromatic carbocycles. The highest BCUT2D eigenvalue weighted by Gasteiger charge is 2.37. The second kappa shape index (κ2) is 6.20. The van der Waals surface area contributed by atoms with Gasteiger partial charge in [-0.1, -0.05) is 32.4 Å². The molecular weight excluding hydrogens is 290 g/mol. The molecule has 1 aliphatic heterocycles. The first-order valence-electron chi connectivity index (χ1n) is 7.13. The van der Waals surface area contributed by atoms with E-state index in [0.29, 0.717) is 18.8 Å². The Bertz CT molecular complexity index is 516. The minimum absolute atomic E-state index is 0.0364. The van der Waals surface area contributed by atoms with Crippen LogP contribution in [0.25, 0.3) is 0 Å². The van der Waals surface area contributed by atoms with Gasteiger partial charge in [0.25, 0.3) is 0 Å². The van der Waals surface area contributed by atoms with Crippen molar-refractivity contribution in [3.63, 3.8) is 0 Å². The second-order valence-electron chi connectivity index (χ2n) is 6.55. The van der Waals surface area contributed by atoms with Gasteiger partial charge in [-0.15, -0.1) is 0 Å². The fraction of sp³-hybridized carbons (Fsp3) is 0.600. The number of halogens is 1. The maximum Gasteiger partial charge on any atom is 0.322 e. The van der Waals surface area contributed by atoms with E-state index in [2.05, 4.69) is 31.1 Å². The molecule has 2 amide bonds. The lowest BCUT2D eigenvalue weighted by atomic mass is 9.74. The summed E-state index contributed by atoms with van der Waals surface area (Å²) in [5.41, 5.74) is 0.519. The number of amides is 2. The monoisotopic (exact) mass is 311 g/mol. The Kier molecular flexibility index (Phi) is 4.74. The summed E-state index contributed by atoms with van der Waals surface area (Å²) in [5.74, 6) is 0.198. The Morgan fingerprint density at radius 3 is 2.81 bits per heavy atom. The molecule has 0 unspecified atom stereocenters. The predicted octanol–water partition coefficient (Wildman–Crippen LogP) is 3.00. The number of nitrogens with one attached hydrogen (secondary N) is 1. The lowest BCUT2D eigenvalue weighted by Crippen LogP contribution is -2.51. The number of carbonyl (C=O) groups is 1. The van der Waals surface area contributed by atoms with E-state index in [9.17, 15) is 9.90 Å². The van der Waals surface area contributed by atoms with E-state index >= 15 is 0 Å². The van der Waals surface area contributed by atoms with Gasteiger partial charge >= 0.3 is 6.03 Å². The normalized spacial score (nSPS) is 23.0. The van der Waals surface area contributed by atoms with Crippen LogP contribution in [0.4, 0.5) is 10.5 Å². The molecule has 5 nitrogen and oxygen atoms in total. The Morgan fingerprint density at radius 2 is 2.24 bits per heavy atom. The molecule has 1 aromatic heterocycles. The number of carbonyl (C=O) groups excluding carboxylic acids is 1. The molecule has 1 aliphatic rings. The van der Waals surface area contributed by atoms with Gasteiger partial charge in [0.1, 0.15) is 0 Å². The third kappa shape index (κ3) is 3.86. The summed E-state index contributed by atoms with van der Waals surface area (Å²) in [6.45, 7) is 7.32. The summed E-state index contributed by atoms with van der Waals surface area (Å²) in [7, 11) is 0. The van der Waals surface area contributed by atoms with Crippen LogP contribution in [0.1, 0.15) is 27.2 Å². The van der Waals surface area contributed by atoms with Gasteiger partial charge in [-0.3, -0.25) is 0 Å². The third-order valence-electron chi connectivity index (χ3n) is 3.98. The minimum Gasteiger partial charge on any atom is -0.391 e. The number of aliphatic hydroxyl groups excluding tert-OH is 1. The SMILES string of the molecule is CC(C)(C)[C@H]1CCN(C(=O)Nc2cccnc2Cl)C[C@H]1O. The lowest BCUT2D eigenvalue weighted by Gasteiger charge is -2.42. The third-order valence-corrected chi connectivity index (χ3v) is 4.28. The standard InChI is InChI=1S/C15H22ClN3O2/c1-15(2,3)10-6-8-19(9-12(10)20)14(21)18-11-5-4-7-17-13(11)16/h4-5,7,10,12,20H,6,8-9H2,1-3H3,(H,18,21)/t10-,12+/m0/s1. The average Bonchev–Trinajstić information content (AvgIpc) is 2.39. The lowest BCUT2D eigenvalue weighted by molar-refractivity contribution is -0.0107. The number of aliphatic hydroxyl groups is 1. The zero-order valence-electron chi connectivity index (χ0n) is 12.6. The van der Waals surface area contributed by atoms with Crippen molar-refractivity contribution in [3.05, 3.63) is 23.5 Å². The summed E-state index contributed by atoms with van der Waals surface area (Å²) in [5, 5.41) is 13.3. The van der Waals surface area contributed by atoms with Crippen LogP contribution in [-0.2, 0) is 0 Å². The van der Waals surface area contributed by atoms with Gasteiger partial charge < -0.3 is 15.3 Å². The van der Waals surface area contributed by atoms with Crippen molar-refractivity contribution >= 4 is 23.3 Å². The summed E-state index contributed by atoms with van der Waals surface area (Å²) >= 11 is 5.93. The van der Waals surface area contributed by atoms with E-state index in [0.717, 1.165) is 6.42 Å². The van der Waals surface area contributed by atoms with Crippen LogP contribution in [-0.4, -0.2) is 40.2 Å². The number of pyridine rings is 1. The zero-order chi connectivity index (χ0) is 15.6. The molecule has 2 rings (SSSR count). The van der Waals surface area contributed by atoms with Crippen molar-refractivity contribution < 1.29 is 9.90 Å². The van der Waals surface area contributed by atoms with Gasteiger partial charge in [-0.25, -0.2) is 9.78 Å². The van der Waals surface area contributed by atoms with Crippen molar-refractivity contribution in [2.24, 2.45) is 11.3 Å². The first kappa shape index (κ1) is 16.0. The van der Waals surface area contributed by atoms with Crippen molar-refractivity contribution in [2.75, 3.05) is 18.4 Å². The number of nitrogens with zero attached hydrogens (tertiary/aromatic N) is 2. The number of hydrogen-bond acceptors (Lipinski definition) is 3. The van der Waals surface area contributed by atoms with Crippen LogP contribution in [0.3, 0.4) is 0 Å². The van der Waals surface area contributed by atoms with Gasteiger partial charge in [0.15, 0.2) is 5.15 Å². The molecule has 6 heteroatoms. The van der Waals surface area contributed by atoms with Crippen LogP contribution >= 0.6 is 11.6 Å². The van der Waals surface area contributed by atoms with Gasteiger partial charge in [-0.05, 0) is 29.9 Å². The van der Waals surface area contributed by atoms with Crippen molar-refractivity contribution in [3.8, 4) is 0 Å². The molecule has 1 fully saturated rings. The first-order valence-corrected chi connectivity index (χ1v) is 7.51. The number of rotatable bonds is 1. The number of hydrogen-bond donors (Lipinski definition) is 2. The van der Waals surface area contributed by atoms with Crippen molar-refractivity contribution in [1.82, 2.24) is 9.88 Å². The molecule has 0 aliphatic carbocycles. The van der Waals surface area contributed by atoms with E-state index in [4.69, 9.17) is 11.6 Å². The number of aromatic nitrogens is 1. The molecule has 2 atom stereocenters. The first-order chi connectivity index (χ1) is 9.79. The van der Waals surface area contributed by atoms with E-state index in [1.165, 1.54) is 0 Å². The average molecular weight is 312 g/mol. The number of anilines is 1. The van der Waals surface area contributed by atoms with Gasteiger partial charge in [-0.2, -0.15) is 0 Å². The maximum atomic E-state index is 12.2. The van der Waals surface area contributed by atoms with Crippen LogP contribution in [0.15, 0.2) is 18.3 Å². The summed E-state index contributed by atoms with van der Waals surface area (Å²) < 4.78 is 0. The molecule has 0 spiro atoms. The molecular formula is C15H22ClN3O2. The molecule has 2 N–H and O–H groups in total. The summed E-state index contributed by atoms with van der Waals surface area (Å²) in [6, 6.07) is 3.16. The molecule has 2 heterocycles. The molecule has 0 radical (unpaired) electrons. The fourth-order valence-electron chi connectivity index (χ4n) is 2.80. The predicted molar refractivity (Wildman–Crippen MR) is 83.4 cm³/mol. The molecule has 116 valence electrons. The van der Waals surface area contributed by atoms with E-state index in [1.807, 2.05) is 0 Å². The smallest absolute Gasteiger partial charge is 0.322 e. The van der Waals surface area contributed by atoms with Gasteiger partial charge in [0.2, 0.25) is 0 Å². The topological polar surface area (TPSA) is 65.5 Å². The molecule has 0 saturated carbocycles. The Hall–Kier alpha value is -1.33. The number of β-amino-alcohol motifs (C(OH)–C–C–N with tert-alkyl or cyclic N) is 1. The highest BCUT2D eigenvalue weighted by molar-refractivity contribution is 6.32. The zero-order valence-corrected chi connectivity index (χ0v) is 13.4. The summed E-state index contributed by atoms with van der Waals surface area (Å²) in [4.78, 5) is 17.8. The largest absolute Gasteiger partial charge is 0.391 e. The van der Waals surface area contributed by atoms with Crippen LogP contribution in [0.2, 0.25) is 5.15 Å². The Morgan fingerprint density at radius 1 is 1.52 bits per heavy atom. The molecule has 1 saturated heterocycles. The van der Waals surface area contributed by atoms with Crippen LogP contribution < -0.4 is 5.32 Å². The van der Waals surface area contributed by atoms with E-state index < -0.39 is 6.10 Å². The Balaban J connectivity index is 1.98. The van der Waals surface area contributed by atoms with E-state index in [1.54, 1.807) is 23.2 Å². The Labute approximate surface area is 130 Å². The molecule has 0 bridgehead atoms. The fourth-order valence-corrected chi connectivity index (χ4v) is 2.97. The maximum absolute atomic E-state index is 12.2. The molecule has 1 aromatic rings. The van der Waals surface area contributed by atoms with E-state index in [-0.39, 0.29) is 22.5 Å². The summed E-state index contributed by atoms with van der Waals surface area (Å²) in [6.07, 6.45) is 1.85. The number of urea groups is 1. The van der Waals surface area contributed by atoms with Crippen LogP contribution in [0, 0.1) is 11.3 Å². The number of piperidine rings is 1. The highest BCUT2D eigenvalue weighted by atomic mass is 35.5. The number of likely N-dealkylation sites (tertiary alicyclic amines) is 1. The minimum atomic E-state index is -0.506.